The van der Waals surface area contributed by atoms with Gasteiger partial charge in [0.1, 0.15) is 22.6 Å². The van der Waals surface area contributed by atoms with Gasteiger partial charge in [-0.05, 0) is 30.5 Å². The normalized spacial score (nSPS) is 12.0. The molecule has 0 aliphatic rings. The smallest absolute Gasteiger partial charge is 0.339 e. The summed E-state index contributed by atoms with van der Waals surface area (Å²) in [6, 6.07) is 8.41. The number of amidine groups is 1. The molecule has 0 atom stereocenters. The van der Waals surface area contributed by atoms with Crippen LogP contribution in [0.2, 0.25) is 0 Å². The molecule has 0 saturated heterocycles. The molecule has 28 heavy (non-hydrogen) atoms. The number of aromatic hydroxyl groups is 2. The highest BCUT2D eigenvalue weighted by Crippen LogP contribution is 2.22. The lowest BCUT2D eigenvalue weighted by molar-refractivity contribution is 0.0682. The van der Waals surface area contributed by atoms with E-state index in [-0.39, 0.29) is 27.4 Å². The fourth-order valence-corrected chi connectivity index (χ4v) is 2.35. The van der Waals surface area contributed by atoms with Crippen LogP contribution in [0.25, 0.3) is 0 Å². The Hall–Kier alpha value is -3.66. The van der Waals surface area contributed by atoms with Gasteiger partial charge in [-0.3, -0.25) is 0 Å². The van der Waals surface area contributed by atoms with Crippen LogP contribution in [-0.4, -0.2) is 56.2 Å². The third kappa shape index (κ3) is 4.95. The topological polar surface area (TPSA) is 152 Å². The van der Waals surface area contributed by atoms with Crippen LogP contribution in [0.4, 0.5) is 0 Å². The van der Waals surface area contributed by atoms with Crippen molar-refractivity contribution in [3.63, 3.8) is 0 Å². The van der Waals surface area contributed by atoms with Crippen LogP contribution in [0.15, 0.2) is 51.6 Å². The molecular formula is C18H15N3O6S. The molecule has 0 aromatic heterocycles. The molecule has 4 N–H and O–H groups in total. The highest BCUT2D eigenvalue weighted by molar-refractivity contribution is 8.13. The molecule has 0 radical (unpaired) electrons. The van der Waals surface area contributed by atoms with Gasteiger partial charge < -0.3 is 20.4 Å². The van der Waals surface area contributed by atoms with Gasteiger partial charge in [-0.15, -0.1) is 5.10 Å². The Morgan fingerprint density at radius 1 is 0.893 bits per heavy atom. The molecule has 2 aromatic carbocycles. The number of carboxylic acid groups (broad SMARTS) is 2. The molecule has 0 aliphatic heterocycles. The number of aromatic carboxylic acids is 2. The fourth-order valence-electron chi connectivity index (χ4n) is 2.06. The average molecular weight is 401 g/mol. The first-order valence-electron chi connectivity index (χ1n) is 7.64. The van der Waals surface area contributed by atoms with Crippen LogP contribution < -0.4 is 0 Å². The minimum Gasteiger partial charge on any atom is -0.506 e. The van der Waals surface area contributed by atoms with E-state index in [0.717, 1.165) is 11.8 Å². The molecule has 0 bridgehead atoms. The number of aliphatic imine (C=N–C) groups is 1. The van der Waals surface area contributed by atoms with E-state index in [0.29, 0.717) is 0 Å². The standard InChI is InChI=1S/C18H15N3O6S/c1-28-18(19-8-10-4-2-6-12(14(10)22)16(24)25)21-20-9-11-5-3-7-13(15(11)23)17(26)27/h2-9,22-23H,1H3,(H,24,25)(H,26,27)/b19-8+,20-9+,21-18-. The molecule has 10 heteroatoms. The number of para-hydroxylation sites is 2. The zero-order chi connectivity index (χ0) is 20.7. The number of rotatable bonds is 5. The number of carbonyl (C=O) groups is 2. The summed E-state index contributed by atoms with van der Waals surface area (Å²) >= 11 is 1.14. The van der Waals surface area contributed by atoms with E-state index >= 15 is 0 Å². The number of hydrogen-bond donors (Lipinski definition) is 4. The maximum atomic E-state index is 11.0. The Bertz CT molecular complexity index is 1000. The van der Waals surface area contributed by atoms with Crippen molar-refractivity contribution < 1.29 is 30.0 Å². The Balaban J connectivity index is 2.24. The number of phenols is 2. The summed E-state index contributed by atoms with van der Waals surface area (Å²) < 4.78 is 0. The maximum absolute atomic E-state index is 11.0. The number of thioether (sulfide) groups is 1. The Kier molecular flexibility index (Phi) is 6.88. The van der Waals surface area contributed by atoms with Crippen molar-refractivity contribution in [1.82, 2.24) is 0 Å². The molecule has 0 amide bonds. The van der Waals surface area contributed by atoms with Crippen molar-refractivity contribution in [2.45, 2.75) is 0 Å². The second-order valence-corrected chi connectivity index (χ2v) is 5.96. The van der Waals surface area contributed by atoms with Crippen molar-refractivity contribution >= 4 is 41.3 Å². The predicted molar refractivity (Wildman–Crippen MR) is 106 cm³/mol. The largest absolute Gasteiger partial charge is 0.506 e. The molecule has 0 spiro atoms. The molecular weight excluding hydrogens is 386 g/mol. The summed E-state index contributed by atoms with van der Waals surface area (Å²) in [5.41, 5.74) is -0.152. The van der Waals surface area contributed by atoms with Gasteiger partial charge in [-0.2, -0.15) is 5.10 Å². The second-order valence-electron chi connectivity index (χ2n) is 5.19. The summed E-state index contributed by atoms with van der Waals surface area (Å²) in [4.78, 5) is 26.1. The lowest BCUT2D eigenvalue weighted by atomic mass is 10.1. The monoisotopic (exact) mass is 401 g/mol. The minimum absolute atomic E-state index is 0.167. The lowest BCUT2D eigenvalue weighted by Gasteiger charge is -2.02. The van der Waals surface area contributed by atoms with Gasteiger partial charge in [0.05, 0.1) is 6.21 Å². The maximum Gasteiger partial charge on any atom is 0.339 e. The summed E-state index contributed by atoms with van der Waals surface area (Å²) in [6.07, 6.45) is 4.10. The second kappa shape index (κ2) is 9.33. The number of benzene rings is 2. The molecule has 0 aliphatic carbocycles. The van der Waals surface area contributed by atoms with Gasteiger partial charge in [-0.25, -0.2) is 14.6 Å². The van der Waals surface area contributed by atoms with Crippen LogP contribution in [-0.2, 0) is 0 Å². The van der Waals surface area contributed by atoms with Crippen LogP contribution in [0.1, 0.15) is 31.8 Å². The van der Waals surface area contributed by atoms with Gasteiger partial charge in [0.15, 0.2) is 0 Å². The fraction of sp³-hybridized carbons (Fsp3) is 0.0556. The highest BCUT2D eigenvalue weighted by Gasteiger charge is 2.12. The first-order chi connectivity index (χ1) is 13.3. The number of nitrogens with zero attached hydrogens (tertiary/aromatic N) is 3. The summed E-state index contributed by atoms with van der Waals surface area (Å²) in [7, 11) is 0. The SMILES string of the molecule is CSC(=N\N=C\c1cccc(C(=O)O)c1O)/N=C/c1cccc(C(=O)O)c1O. The third-order valence-corrected chi connectivity index (χ3v) is 3.98. The zero-order valence-corrected chi connectivity index (χ0v) is 15.3. The minimum atomic E-state index is -1.27. The van der Waals surface area contributed by atoms with Crippen molar-refractivity contribution in [2.24, 2.45) is 15.2 Å². The lowest BCUT2D eigenvalue weighted by Crippen LogP contribution is -1.99. The van der Waals surface area contributed by atoms with Gasteiger partial charge >= 0.3 is 11.9 Å². The quantitative estimate of drug-likeness (QED) is 0.341. The van der Waals surface area contributed by atoms with E-state index in [1.807, 2.05) is 0 Å². The molecule has 9 nitrogen and oxygen atoms in total. The van der Waals surface area contributed by atoms with Crippen LogP contribution in [0, 0.1) is 0 Å². The van der Waals surface area contributed by atoms with Crippen LogP contribution in [0.5, 0.6) is 11.5 Å². The Labute approximate surface area is 163 Å². The van der Waals surface area contributed by atoms with E-state index in [4.69, 9.17) is 10.2 Å². The molecule has 0 fully saturated rings. The van der Waals surface area contributed by atoms with Gasteiger partial charge in [-0.1, -0.05) is 23.9 Å². The van der Waals surface area contributed by atoms with Gasteiger partial charge in [0.25, 0.3) is 0 Å². The molecule has 0 unspecified atom stereocenters. The van der Waals surface area contributed by atoms with Crippen molar-refractivity contribution in [1.29, 1.82) is 0 Å². The Morgan fingerprint density at radius 2 is 1.39 bits per heavy atom. The molecule has 144 valence electrons. The summed E-state index contributed by atoms with van der Waals surface area (Å²) in [5, 5.41) is 45.6. The number of carboxylic acids is 2. The molecule has 0 saturated carbocycles. The van der Waals surface area contributed by atoms with Gasteiger partial charge in [0, 0.05) is 17.3 Å². The first-order valence-corrected chi connectivity index (χ1v) is 8.87. The zero-order valence-electron chi connectivity index (χ0n) is 14.5. The summed E-state index contributed by atoms with van der Waals surface area (Å²) in [5.74, 6) is -3.38. The van der Waals surface area contributed by atoms with Crippen LogP contribution >= 0.6 is 11.8 Å². The van der Waals surface area contributed by atoms with E-state index in [9.17, 15) is 19.8 Å². The average Bonchev–Trinajstić information content (AvgIpc) is 2.66. The molecule has 2 rings (SSSR count). The summed E-state index contributed by atoms with van der Waals surface area (Å²) in [6.45, 7) is 0. The number of hydrogen-bond acceptors (Lipinski definition) is 7. The Morgan fingerprint density at radius 3 is 1.86 bits per heavy atom. The third-order valence-electron chi connectivity index (χ3n) is 3.43. The highest BCUT2D eigenvalue weighted by atomic mass is 32.2. The van der Waals surface area contributed by atoms with Crippen LogP contribution in [0.3, 0.4) is 0 Å². The van der Waals surface area contributed by atoms with E-state index in [1.165, 1.54) is 48.8 Å². The predicted octanol–water partition coefficient (Wildman–Crippen LogP) is 2.67. The van der Waals surface area contributed by atoms with Gasteiger partial charge in [0.2, 0.25) is 5.17 Å². The molecule has 0 heterocycles. The van der Waals surface area contributed by atoms with Crippen molar-refractivity contribution in [2.75, 3.05) is 6.26 Å². The van der Waals surface area contributed by atoms with E-state index < -0.39 is 23.4 Å². The van der Waals surface area contributed by atoms with E-state index in [1.54, 1.807) is 6.26 Å². The van der Waals surface area contributed by atoms with Crippen molar-refractivity contribution in [3.8, 4) is 11.5 Å². The van der Waals surface area contributed by atoms with Crippen molar-refractivity contribution in [3.05, 3.63) is 58.7 Å². The molecule has 2 aromatic rings. The first kappa shape index (κ1) is 20.6. The van der Waals surface area contributed by atoms with E-state index in [2.05, 4.69) is 15.2 Å².